The lowest BCUT2D eigenvalue weighted by molar-refractivity contribution is -0.143. The van der Waals surface area contributed by atoms with Crippen LogP contribution in [0.15, 0.2) is 36.4 Å². The molecule has 0 saturated heterocycles. The van der Waals surface area contributed by atoms with Gasteiger partial charge in [-0.15, -0.1) is 0 Å². The Kier molecular flexibility index (Phi) is 6.10. The highest BCUT2D eigenvalue weighted by Crippen LogP contribution is 2.54. The fourth-order valence-electron chi connectivity index (χ4n) is 5.37. The number of fused-ring (bicyclic) bond motifs is 2. The van der Waals surface area contributed by atoms with Crippen LogP contribution in [0.5, 0.6) is 11.5 Å². The van der Waals surface area contributed by atoms with Crippen LogP contribution in [0.1, 0.15) is 38.2 Å². The second-order valence-corrected chi connectivity index (χ2v) is 10.6. The molecule has 0 bridgehead atoms. The minimum absolute atomic E-state index is 0.0172. The van der Waals surface area contributed by atoms with Crippen LogP contribution in [0.3, 0.4) is 0 Å². The van der Waals surface area contributed by atoms with Gasteiger partial charge in [-0.3, -0.25) is 9.59 Å². The van der Waals surface area contributed by atoms with E-state index in [1.54, 1.807) is 25.1 Å². The highest BCUT2D eigenvalue weighted by Gasteiger charge is 2.61. The van der Waals surface area contributed by atoms with Crippen molar-refractivity contribution in [2.45, 2.75) is 55.9 Å². The number of hydrogen-bond donors (Lipinski definition) is 3. The Morgan fingerprint density at radius 1 is 1.23 bits per heavy atom. The summed E-state index contributed by atoms with van der Waals surface area (Å²) in [7, 11) is 0. The molecule has 0 spiro atoms. The van der Waals surface area contributed by atoms with E-state index in [1.807, 2.05) is 0 Å². The van der Waals surface area contributed by atoms with Crippen molar-refractivity contribution in [2.24, 2.45) is 5.92 Å². The van der Waals surface area contributed by atoms with Crippen LogP contribution in [-0.4, -0.2) is 41.2 Å². The molecule has 5 rings (SSSR count). The number of nitrogens with one attached hydrogen (secondary N) is 2. The number of rotatable bonds is 6. The van der Waals surface area contributed by atoms with Gasteiger partial charge in [0.2, 0.25) is 0 Å². The summed E-state index contributed by atoms with van der Waals surface area (Å²) in [5.41, 5.74) is -1.06. The molecule has 10 heteroatoms. The van der Waals surface area contributed by atoms with Crippen LogP contribution in [0, 0.1) is 11.7 Å². The lowest BCUT2D eigenvalue weighted by atomic mass is 9.50. The second-order valence-electron chi connectivity index (χ2n) is 9.76. The van der Waals surface area contributed by atoms with Crippen molar-refractivity contribution in [3.8, 4) is 11.5 Å². The summed E-state index contributed by atoms with van der Waals surface area (Å²) in [6.45, 7) is 1.39. The molecule has 186 valence electrons. The molecule has 1 aliphatic heterocycles. The number of benzene rings is 2. The molecular formula is C25H25Cl2FN2O5. The maximum atomic E-state index is 13.5. The summed E-state index contributed by atoms with van der Waals surface area (Å²) >= 11 is 11.7. The van der Waals surface area contributed by atoms with Gasteiger partial charge < -0.3 is 25.2 Å². The van der Waals surface area contributed by atoms with Crippen molar-refractivity contribution in [3.05, 3.63) is 57.8 Å². The number of hydrogen-bond acceptors (Lipinski definition) is 5. The third-order valence-electron chi connectivity index (χ3n) is 7.32. The zero-order chi connectivity index (χ0) is 25.0. The molecule has 5 atom stereocenters. The lowest BCUT2D eigenvalue weighted by Crippen LogP contribution is -2.76. The number of aliphatic hydroxyl groups is 1. The summed E-state index contributed by atoms with van der Waals surface area (Å²) in [6.07, 6.45) is 1.55. The van der Waals surface area contributed by atoms with Crippen molar-refractivity contribution in [1.29, 1.82) is 0 Å². The van der Waals surface area contributed by atoms with Crippen molar-refractivity contribution in [1.82, 2.24) is 10.6 Å². The molecule has 2 aromatic rings. The van der Waals surface area contributed by atoms with Crippen molar-refractivity contribution in [3.63, 3.8) is 0 Å². The van der Waals surface area contributed by atoms with Crippen LogP contribution >= 0.6 is 23.2 Å². The molecule has 0 aromatic heterocycles. The molecule has 2 aromatic carbocycles. The topological polar surface area (TPSA) is 96.9 Å². The molecule has 0 radical (unpaired) electrons. The average molecular weight is 523 g/mol. The maximum Gasteiger partial charge on any atom is 0.261 e. The van der Waals surface area contributed by atoms with Gasteiger partial charge in [-0.25, -0.2) is 4.39 Å². The second kappa shape index (κ2) is 8.84. The van der Waals surface area contributed by atoms with Gasteiger partial charge in [0.1, 0.15) is 17.3 Å². The first-order valence-electron chi connectivity index (χ1n) is 11.4. The van der Waals surface area contributed by atoms with Crippen LogP contribution in [0.2, 0.25) is 10.0 Å². The summed E-state index contributed by atoms with van der Waals surface area (Å²) < 4.78 is 24.8. The minimum Gasteiger partial charge on any atom is -0.484 e. The molecule has 1 heterocycles. The van der Waals surface area contributed by atoms with E-state index in [4.69, 9.17) is 32.7 Å². The van der Waals surface area contributed by atoms with Crippen molar-refractivity contribution >= 4 is 35.0 Å². The van der Waals surface area contributed by atoms with E-state index in [2.05, 4.69) is 10.6 Å². The number of ether oxygens (including phenoxy) is 2. The maximum absolute atomic E-state index is 13.5. The van der Waals surface area contributed by atoms with E-state index < -0.39 is 17.5 Å². The van der Waals surface area contributed by atoms with Gasteiger partial charge in [0.05, 0.1) is 10.6 Å². The monoisotopic (exact) mass is 522 g/mol. The predicted molar refractivity (Wildman–Crippen MR) is 127 cm³/mol. The SMILES string of the molecule is C[C@]1(O)C[C@@H](C(=O)NC2CC3(NC(=O)COc4ccc(Cl)c(F)c4)CCC23)Oc2ccc(Cl)cc21. The average Bonchev–Trinajstić information content (AvgIpc) is 2.79. The highest BCUT2D eigenvalue weighted by molar-refractivity contribution is 6.31. The van der Waals surface area contributed by atoms with Crippen LogP contribution in [-0.2, 0) is 15.2 Å². The first-order valence-corrected chi connectivity index (χ1v) is 12.2. The largest absolute Gasteiger partial charge is 0.484 e. The van der Waals surface area contributed by atoms with Gasteiger partial charge >= 0.3 is 0 Å². The standard InChI is InChI=1S/C25H25Cl2FN2O5/c1-24(33)11-21(35-20-5-2-13(26)8-16(20)24)23(32)29-19-10-25(7-6-15(19)25)30-22(31)12-34-14-3-4-17(27)18(28)9-14/h2-5,8-9,15,19,21,33H,6-7,10-12H2,1H3,(H,29,32)(H,30,31)/t15?,19?,21-,24-,25?/m0/s1. The summed E-state index contributed by atoms with van der Waals surface area (Å²) in [6, 6.07) is 8.86. The molecular weight excluding hydrogens is 498 g/mol. The molecule has 7 nitrogen and oxygen atoms in total. The van der Waals surface area contributed by atoms with Gasteiger partial charge in [0, 0.05) is 40.6 Å². The van der Waals surface area contributed by atoms with Gasteiger partial charge in [0.25, 0.3) is 11.8 Å². The molecule has 2 fully saturated rings. The van der Waals surface area contributed by atoms with Crippen LogP contribution in [0.4, 0.5) is 4.39 Å². The Balaban J connectivity index is 1.14. The summed E-state index contributed by atoms with van der Waals surface area (Å²) in [5, 5.41) is 17.4. The first kappa shape index (κ1) is 24.2. The van der Waals surface area contributed by atoms with E-state index >= 15 is 0 Å². The zero-order valence-electron chi connectivity index (χ0n) is 18.9. The minimum atomic E-state index is -1.25. The Bertz CT molecular complexity index is 1190. The zero-order valence-corrected chi connectivity index (χ0v) is 20.5. The molecule has 3 aliphatic rings. The van der Waals surface area contributed by atoms with Crippen LogP contribution < -0.4 is 20.1 Å². The predicted octanol–water partition coefficient (Wildman–Crippen LogP) is 3.72. The Labute approximate surface area is 211 Å². The van der Waals surface area contributed by atoms with Gasteiger partial charge in [-0.2, -0.15) is 0 Å². The number of carbonyl (C=O) groups is 2. The van der Waals surface area contributed by atoms with Gasteiger partial charge in [-0.05, 0) is 56.5 Å². The van der Waals surface area contributed by atoms with Crippen molar-refractivity contribution in [2.75, 3.05) is 6.61 Å². The molecule has 2 amide bonds. The Morgan fingerprint density at radius 2 is 2.03 bits per heavy atom. The quantitative estimate of drug-likeness (QED) is 0.537. The molecule has 2 saturated carbocycles. The van der Waals surface area contributed by atoms with E-state index in [0.717, 1.165) is 18.9 Å². The fraction of sp³-hybridized carbons (Fsp3) is 0.440. The molecule has 35 heavy (non-hydrogen) atoms. The van der Waals surface area contributed by atoms with Crippen LogP contribution in [0.25, 0.3) is 0 Å². The highest BCUT2D eigenvalue weighted by atomic mass is 35.5. The normalized spacial score (nSPS) is 30.5. The Hall–Kier alpha value is -2.55. The molecule has 2 aliphatic carbocycles. The van der Waals surface area contributed by atoms with Gasteiger partial charge in [0.15, 0.2) is 12.7 Å². The van der Waals surface area contributed by atoms with Crippen molar-refractivity contribution < 1.29 is 28.6 Å². The van der Waals surface area contributed by atoms with E-state index in [0.29, 0.717) is 22.8 Å². The smallest absolute Gasteiger partial charge is 0.261 e. The number of amides is 2. The first-order chi connectivity index (χ1) is 16.6. The van der Waals surface area contributed by atoms with E-state index in [1.165, 1.54) is 12.1 Å². The summed E-state index contributed by atoms with van der Waals surface area (Å²) in [4.78, 5) is 25.4. The Morgan fingerprint density at radius 3 is 2.71 bits per heavy atom. The lowest BCUT2D eigenvalue weighted by Gasteiger charge is -2.63. The summed E-state index contributed by atoms with van der Waals surface area (Å²) in [5.74, 6) is -0.456. The molecule has 3 unspecified atom stereocenters. The van der Waals surface area contributed by atoms with E-state index in [-0.39, 0.29) is 53.1 Å². The third-order valence-corrected chi connectivity index (χ3v) is 7.87. The number of halogens is 3. The molecule has 3 N–H and O–H groups in total. The van der Waals surface area contributed by atoms with Gasteiger partial charge in [-0.1, -0.05) is 23.2 Å². The van der Waals surface area contributed by atoms with E-state index in [9.17, 15) is 19.1 Å². The third kappa shape index (κ3) is 4.55. The fourth-order valence-corrected chi connectivity index (χ4v) is 5.66. The number of carbonyl (C=O) groups excluding carboxylic acids is 2.